The molecule has 6 heteroatoms. The fourth-order valence-electron chi connectivity index (χ4n) is 7.77. The SMILES string of the molecule is C/C=C1/CN2CC[C@@]34c5cc(Br)ccc5N(C)[C@]35OC[C@@]4(C(=O)OC)[C@H]1C[C@H]25. The highest BCUT2D eigenvalue weighted by Gasteiger charge is 2.86. The second-order valence-corrected chi connectivity index (χ2v) is 9.88. The summed E-state index contributed by atoms with van der Waals surface area (Å²) in [6.07, 6.45) is 4.10. The van der Waals surface area contributed by atoms with Crippen molar-refractivity contribution in [2.24, 2.45) is 11.3 Å². The van der Waals surface area contributed by atoms with Crippen LogP contribution in [-0.2, 0) is 19.7 Å². The van der Waals surface area contributed by atoms with Crippen molar-refractivity contribution in [2.45, 2.75) is 36.9 Å². The molecule has 3 saturated heterocycles. The molecule has 5 atom stereocenters. The van der Waals surface area contributed by atoms with E-state index in [2.05, 4.69) is 64.0 Å². The minimum Gasteiger partial charge on any atom is -0.468 e. The lowest BCUT2D eigenvalue weighted by molar-refractivity contribution is -0.183. The fraction of sp³-hybridized carbons (Fsp3) is 0.591. The van der Waals surface area contributed by atoms with Crippen molar-refractivity contribution in [2.75, 3.05) is 38.8 Å². The number of benzene rings is 1. The summed E-state index contributed by atoms with van der Waals surface area (Å²) < 4.78 is 13.4. The van der Waals surface area contributed by atoms with Crippen molar-refractivity contribution in [1.82, 2.24) is 4.90 Å². The van der Waals surface area contributed by atoms with E-state index in [9.17, 15) is 4.79 Å². The maximum atomic E-state index is 13.7. The number of carbonyl (C=O) groups excluding carboxylic acids is 1. The van der Waals surface area contributed by atoms with Gasteiger partial charge in [-0.15, -0.1) is 0 Å². The number of hydrogen-bond acceptors (Lipinski definition) is 5. The average molecular weight is 445 g/mol. The first kappa shape index (κ1) is 17.5. The largest absolute Gasteiger partial charge is 0.468 e. The minimum absolute atomic E-state index is 0.103. The lowest BCUT2D eigenvalue weighted by Crippen LogP contribution is -2.80. The van der Waals surface area contributed by atoms with Gasteiger partial charge in [-0.1, -0.05) is 27.6 Å². The van der Waals surface area contributed by atoms with E-state index in [0.29, 0.717) is 6.61 Å². The van der Waals surface area contributed by atoms with Crippen LogP contribution in [-0.4, -0.2) is 56.5 Å². The molecule has 28 heavy (non-hydrogen) atoms. The molecule has 0 N–H and O–H groups in total. The van der Waals surface area contributed by atoms with Crippen LogP contribution in [0, 0.1) is 11.3 Å². The van der Waals surface area contributed by atoms with Gasteiger partial charge in [-0.25, -0.2) is 0 Å². The Bertz CT molecular complexity index is 948. The number of likely N-dealkylation sites (N-methyl/N-ethyl adjacent to an activating group) is 1. The molecule has 0 spiro atoms. The molecule has 1 saturated carbocycles. The first-order valence-electron chi connectivity index (χ1n) is 10.1. The number of hydrogen-bond donors (Lipinski definition) is 0. The topological polar surface area (TPSA) is 42.0 Å². The Morgan fingerprint density at radius 3 is 3.00 bits per heavy atom. The van der Waals surface area contributed by atoms with Gasteiger partial charge in [0.1, 0.15) is 5.41 Å². The summed E-state index contributed by atoms with van der Waals surface area (Å²) >= 11 is 3.69. The predicted octanol–water partition coefficient (Wildman–Crippen LogP) is 3.08. The number of ether oxygens (including phenoxy) is 2. The maximum absolute atomic E-state index is 13.7. The molecule has 4 fully saturated rings. The molecule has 0 unspecified atom stereocenters. The van der Waals surface area contributed by atoms with Gasteiger partial charge in [0.15, 0.2) is 5.72 Å². The molecule has 5 nitrogen and oxygen atoms in total. The molecular weight excluding hydrogens is 420 g/mol. The number of rotatable bonds is 1. The molecule has 1 aromatic rings. The summed E-state index contributed by atoms with van der Waals surface area (Å²) in [5.41, 5.74) is 2.24. The molecule has 5 aliphatic rings. The zero-order valence-corrected chi connectivity index (χ0v) is 18.1. The highest BCUT2D eigenvalue weighted by atomic mass is 79.9. The zero-order chi connectivity index (χ0) is 19.5. The highest BCUT2D eigenvalue weighted by molar-refractivity contribution is 9.10. The van der Waals surface area contributed by atoms with E-state index < -0.39 is 11.1 Å². The third-order valence-corrected chi connectivity index (χ3v) is 9.14. The molecule has 4 aliphatic heterocycles. The van der Waals surface area contributed by atoms with Gasteiger partial charge in [0.2, 0.25) is 0 Å². The van der Waals surface area contributed by atoms with Gasteiger partial charge in [-0.3, -0.25) is 9.69 Å². The lowest BCUT2D eigenvalue weighted by Gasteiger charge is -2.66. The van der Waals surface area contributed by atoms with Gasteiger partial charge >= 0.3 is 5.97 Å². The Kier molecular flexibility index (Phi) is 3.25. The van der Waals surface area contributed by atoms with Gasteiger partial charge in [0.05, 0.1) is 25.2 Å². The molecule has 1 aromatic carbocycles. The van der Waals surface area contributed by atoms with Crippen LogP contribution >= 0.6 is 15.9 Å². The summed E-state index contributed by atoms with van der Waals surface area (Å²) in [6, 6.07) is 6.78. The third-order valence-electron chi connectivity index (χ3n) is 8.64. The van der Waals surface area contributed by atoms with Crippen LogP contribution in [0.15, 0.2) is 34.3 Å². The second kappa shape index (κ2) is 5.21. The van der Waals surface area contributed by atoms with Crippen molar-refractivity contribution in [3.8, 4) is 0 Å². The van der Waals surface area contributed by atoms with Gasteiger partial charge < -0.3 is 14.4 Å². The minimum atomic E-state index is -0.674. The Morgan fingerprint density at radius 2 is 2.25 bits per heavy atom. The molecule has 5 bridgehead atoms. The number of piperidine rings is 2. The predicted molar refractivity (Wildman–Crippen MR) is 109 cm³/mol. The quantitative estimate of drug-likeness (QED) is 0.491. The van der Waals surface area contributed by atoms with Crippen LogP contribution in [0.1, 0.15) is 25.3 Å². The van der Waals surface area contributed by atoms with Crippen molar-refractivity contribution >= 4 is 27.6 Å². The maximum Gasteiger partial charge on any atom is 0.315 e. The van der Waals surface area contributed by atoms with Crippen LogP contribution in [0.5, 0.6) is 0 Å². The van der Waals surface area contributed by atoms with Crippen molar-refractivity contribution < 1.29 is 14.3 Å². The summed E-state index contributed by atoms with van der Waals surface area (Å²) in [5.74, 6) is 0.0641. The molecule has 0 amide bonds. The second-order valence-electron chi connectivity index (χ2n) is 8.96. The molecule has 4 heterocycles. The zero-order valence-electron chi connectivity index (χ0n) is 16.5. The summed E-state index contributed by atoms with van der Waals surface area (Å²) in [6.45, 7) is 4.45. The Balaban J connectivity index is 1.75. The van der Waals surface area contributed by atoms with Crippen molar-refractivity contribution in [3.05, 3.63) is 39.9 Å². The first-order valence-corrected chi connectivity index (χ1v) is 10.9. The lowest BCUT2D eigenvalue weighted by atomic mass is 9.43. The number of methoxy groups -OCH3 is 1. The van der Waals surface area contributed by atoms with E-state index in [1.807, 2.05) is 0 Å². The van der Waals surface area contributed by atoms with Gasteiger partial charge in [0.25, 0.3) is 0 Å². The van der Waals surface area contributed by atoms with E-state index >= 15 is 0 Å². The van der Waals surface area contributed by atoms with Crippen LogP contribution in [0.25, 0.3) is 0 Å². The van der Waals surface area contributed by atoms with E-state index in [4.69, 9.17) is 9.47 Å². The number of anilines is 1. The normalized spacial score (nSPS) is 44.0. The summed E-state index contributed by atoms with van der Waals surface area (Å²) in [4.78, 5) is 18.6. The summed E-state index contributed by atoms with van der Waals surface area (Å²) in [5, 5.41) is 0. The standard InChI is InChI=1S/C22H25BrN2O3/c1-4-13-11-25-8-7-21-16-9-14(23)5-6-17(16)24(2)22(21)18(25)10-15(13)20(21,12-28-22)19(26)27-3/h4-6,9,15,18H,7-8,10-12H2,1-3H3/b13-4-/t15-,18-,20-,21-,22+/m0/s1. The molecule has 6 rings (SSSR count). The number of esters is 1. The van der Waals surface area contributed by atoms with Crippen molar-refractivity contribution in [3.63, 3.8) is 0 Å². The molecule has 148 valence electrons. The highest BCUT2D eigenvalue weighted by Crippen LogP contribution is 2.76. The number of fused-ring (bicyclic) bond motifs is 3. The number of carbonyl (C=O) groups is 1. The van der Waals surface area contributed by atoms with Gasteiger partial charge in [0, 0.05) is 36.2 Å². The number of nitrogens with zero attached hydrogens (tertiary/aromatic N) is 2. The smallest absolute Gasteiger partial charge is 0.315 e. The van der Waals surface area contributed by atoms with Crippen LogP contribution in [0.3, 0.4) is 0 Å². The average Bonchev–Trinajstić information content (AvgIpc) is 3.08. The molecule has 0 aromatic heterocycles. The van der Waals surface area contributed by atoms with Crippen LogP contribution in [0.2, 0.25) is 0 Å². The van der Waals surface area contributed by atoms with E-state index in [1.165, 1.54) is 23.9 Å². The third kappa shape index (κ3) is 1.47. The molecule has 0 radical (unpaired) electrons. The molecular formula is C22H25BrN2O3. The van der Waals surface area contributed by atoms with Gasteiger partial charge in [-0.05, 0) is 43.5 Å². The van der Waals surface area contributed by atoms with E-state index in [0.717, 1.165) is 30.4 Å². The van der Waals surface area contributed by atoms with Crippen molar-refractivity contribution in [1.29, 1.82) is 0 Å². The van der Waals surface area contributed by atoms with E-state index in [-0.39, 0.29) is 23.3 Å². The number of allylic oxidation sites excluding steroid dienone is 1. The Labute approximate surface area is 173 Å². The van der Waals surface area contributed by atoms with Gasteiger partial charge in [-0.2, -0.15) is 0 Å². The Morgan fingerprint density at radius 1 is 1.43 bits per heavy atom. The fourth-order valence-corrected chi connectivity index (χ4v) is 8.13. The van der Waals surface area contributed by atoms with E-state index in [1.54, 1.807) is 0 Å². The summed E-state index contributed by atoms with van der Waals surface area (Å²) in [7, 11) is 3.68. The monoisotopic (exact) mass is 444 g/mol. The Hall–Kier alpha value is -1.37. The number of halogens is 1. The first-order chi connectivity index (χ1) is 13.5. The molecule has 1 aliphatic carbocycles. The van der Waals surface area contributed by atoms with Crippen LogP contribution < -0.4 is 4.90 Å². The van der Waals surface area contributed by atoms with Crippen LogP contribution in [0.4, 0.5) is 5.69 Å².